The van der Waals surface area contributed by atoms with Crippen molar-refractivity contribution < 1.29 is 9.53 Å². The minimum absolute atomic E-state index is 0.0110. The number of ether oxygens (including phenoxy) is 1. The molecule has 3 aromatic rings. The molecule has 0 radical (unpaired) electrons. The molecule has 0 atom stereocenters. The van der Waals surface area contributed by atoms with E-state index in [0.29, 0.717) is 36.2 Å². The maximum atomic E-state index is 12.8. The van der Waals surface area contributed by atoms with Crippen molar-refractivity contribution in [2.24, 2.45) is 0 Å². The molecular weight excluding hydrogens is 460 g/mol. The van der Waals surface area contributed by atoms with Gasteiger partial charge in [0.2, 0.25) is 0 Å². The Labute approximate surface area is 201 Å². The second-order valence-corrected chi connectivity index (χ2v) is 10.3. The summed E-state index contributed by atoms with van der Waals surface area (Å²) in [5, 5.41) is 1.45. The van der Waals surface area contributed by atoms with Crippen molar-refractivity contribution in [2.75, 3.05) is 32.8 Å². The predicted octanol–water partition coefficient (Wildman–Crippen LogP) is 3.55. The van der Waals surface area contributed by atoms with Gasteiger partial charge in [0.1, 0.15) is 16.4 Å². The van der Waals surface area contributed by atoms with Crippen LogP contribution >= 0.6 is 22.9 Å². The summed E-state index contributed by atoms with van der Waals surface area (Å²) in [6, 6.07) is 5.37. The van der Waals surface area contributed by atoms with E-state index in [1.165, 1.54) is 16.9 Å². The van der Waals surface area contributed by atoms with Gasteiger partial charge in [-0.2, -0.15) is 0 Å². The van der Waals surface area contributed by atoms with Crippen LogP contribution in [0.2, 0.25) is 5.02 Å². The summed E-state index contributed by atoms with van der Waals surface area (Å²) in [5.41, 5.74) is 2.10. The minimum Gasteiger partial charge on any atom is -0.483 e. The van der Waals surface area contributed by atoms with Crippen LogP contribution in [0.3, 0.4) is 0 Å². The van der Waals surface area contributed by atoms with Crippen molar-refractivity contribution in [1.29, 1.82) is 0 Å². The molecule has 174 valence electrons. The van der Waals surface area contributed by atoms with Gasteiger partial charge in [-0.05, 0) is 61.9 Å². The Morgan fingerprint density at radius 2 is 2.00 bits per heavy atom. The Balaban J connectivity index is 1.17. The number of benzene rings is 1. The third-order valence-electron chi connectivity index (χ3n) is 6.46. The van der Waals surface area contributed by atoms with Crippen molar-refractivity contribution in [3.05, 3.63) is 55.4 Å². The molecule has 0 spiro atoms. The molecule has 3 heterocycles. The lowest BCUT2D eigenvalue weighted by atomic mass is 9.97. The number of hydrogen-bond acceptors (Lipinski definition) is 6. The predicted molar refractivity (Wildman–Crippen MR) is 130 cm³/mol. The molecule has 1 aliphatic heterocycles. The van der Waals surface area contributed by atoms with Crippen molar-refractivity contribution in [1.82, 2.24) is 19.8 Å². The number of hydrogen-bond donors (Lipinski definition) is 1. The zero-order chi connectivity index (χ0) is 22.9. The van der Waals surface area contributed by atoms with Crippen molar-refractivity contribution in [3.63, 3.8) is 0 Å². The van der Waals surface area contributed by atoms with E-state index >= 15 is 0 Å². The first-order valence-corrected chi connectivity index (χ1v) is 12.6. The molecule has 7 nitrogen and oxygen atoms in total. The normalized spacial score (nSPS) is 16.7. The molecule has 1 fully saturated rings. The Bertz CT molecular complexity index is 1250. The van der Waals surface area contributed by atoms with E-state index in [-0.39, 0.29) is 18.1 Å². The number of H-pyrrole nitrogens is 1. The molecule has 5 rings (SSSR count). The van der Waals surface area contributed by atoms with Crippen LogP contribution in [0.15, 0.2) is 23.0 Å². The number of carbonyl (C=O) groups is 1. The number of aromatic nitrogens is 2. The second-order valence-electron chi connectivity index (χ2n) is 8.76. The van der Waals surface area contributed by atoms with Crippen LogP contribution in [0.1, 0.15) is 34.7 Å². The molecule has 9 heteroatoms. The van der Waals surface area contributed by atoms with Gasteiger partial charge >= 0.3 is 0 Å². The Morgan fingerprint density at radius 1 is 1.21 bits per heavy atom. The third-order valence-corrected chi connectivity index (χ3v) is 7.88. The van der Waals surface area contributed by atoms with Gasteiger partial charge in [-0.3, -0.25) is 14.5 Å². The number of carbonyl (C=O) groups excluding carboxylic acids is 1. The summed E-state index contributed by atoms with van der Waals surface area (Å²) in [6.45, 7) is 5.21. The Hall–Kier alpha value is -2.42. The van der Waals surface area contributed by atoms with E-state index in [9.17, 15) is 9.59 Å². The highest BCUT2D eigenvalue weighted by Gasteiger charge is 2.24. The lowest BCUT2D eigenvalue weighted by Gasteiger charge is -2.34. The minimum atomic E-state index is -0.0267. The quantitative estimate of drug-likeness (QED) is 0.596. The summed E-state index contributed by atoms with van der Waals surface area (Å²) < 4.78 is 5.71. The van der Waals surface area contributed by atoms with Crippen LogP contribution in [0.4, 0.5) is 0 Å². The maximum absolute atomic E-state index is 12.8. The number of thiophene rings is 1. The monoisotopic (exact) mass is 486 g/mol. The van der Waals surface area contributed by atoms with Gasteiger partial charge < -0.3 is 14.6 Å². The smallest absolute Gasteiger partial charge is 0.260 e. The third kappa shape index (κ3) is 4.78. The maximum Gasteiger partial charge on any atom is 0.260 e. The summed E-state index contributed by atoms with van der Waals surface area (Å²) >= 11 is 7.65. The van der Waals surface area contributed by atoms with E-state index in [2.05, 4.69) is 9.88 Å². The Kier molecular flexibility index (Phi) is 6.40. The van der Waals surface area contributed by atoms with Crippen LogP contribution in [-0.2, 0) is 24.2 Å². The number of nitrogens with one attached hydrogen (secondary N) is 1. The van der Waals surface area contributed by atoms with E-state index in [4.69, 9.17) is 21.3 Å². The van der Waals surface area contributed by atoms with Gasteiger partial charge in [0.05, 0.1) is 11.9 Å². The van der Waals surface area contributed by atoms with Gasteiger partial charge in [-0.25, -0.2) is 4.98 Å². The average molecular weight is 487 g/mol. The summed E-state index contributed by atoms with van der Waals surface area (Å²) in [5.74, 6) is 1.35. The van der Waals surface area contributed by atoms with E-state index in [1.807, 2.05) is 17.9 Å². The van der Waals surface area contributed by atoms with E-state index < -0.39 is 0 Å². The van der Waals surface area contributed by atoms with Crippen LogP contribution < -0.4 is 10.3 Å². The van der Waals surface area contributed by atoms with Gasteiger partial charge in [-0.15, -0.1) is 11.3 Å². The topological polar surface area (TPSA) is 78.5 Å². The van der Waals surface area contributed by atoms with Crippen LogP contribution in [0.25, 0.3) is 10.2 Å². The Morgan fingerprint density at radius 3 is 2.79 bits per heavy atom. The molecule has 0 unspecified atom stereocenters. The molecular formula is C24H27ClN4O3S. The molecule has 1 amide bonds. The molecule has 1 aromatic carbocycles. The van der Waals surface area contributed by atoms with Crippen LogP contribution in [0.5, 0.6) is 5.75 Å². The summed E-state index contributed by atoms with van der Waals surface area (Å²) in [7, 11) is 0. The lowest BCUT2D eigenvalue weighted by Crippen LogP contribution is -2.49. The van der Waals surface area contributed by atoms with Crippen molar-refractivity contribution >= 4 is 39.1 Å². The van der Waals surface area contributed by atoms with Gasteiger partial charge in [0.25, 0.3) is 11.5 Å². The number of aromatic amines is 1. The zero-order valence-corrected chi connectivity index (χ0v) is 20.2. The summed E-state index contributed by atoms with van der Waals surface area (Å²) in [6.07, 6.45) is 4.38. The molecule has 0 saturated carbocycles. The second kappa shape index (κ2) is 9.44. The molecule has 33 heavy (non-hydrogen) atoms. The number of fused-ring (bicyclic) bond motifs is 3. The average Bonchev–Trinajstić information content (AvgIpc) is 3.17. The van der Waals surface area contributed by atoms with E-state index in [1.54, 1.807) is 23.5 Å². The zero-order valence-electron chi connectivity index (χ0n) is 18.7. The number of halogens is 1. The fourth-order valence-corrected chi connectivity index (χ4v) is 6.16. The molecule has 0 bridgehead atoms. The largest absolute Gasteiger partial charge is 0.483 e. The highest BCUT2D eigenvalue weighted by atomic mass is 35.5. The first-order chi connectivity index (χ1) is 16.0. The lowest BCUT2D eigenvalue weighted by molar-refractivity contribution is -0.135. The SMILES string of the molecule is Cc1cc(Cl)ccc1OCC(=O)N1CCN(Cc2nc3sc4c(c3c(=O)[nH]2)CCCC4)CC1. The van der Waals surface area contributed by atoms with Crippen LogP contribution in [-0.4, -0.2) is 58.5 Å². The van der Waals surface area contributed by atoms with Crippen molar-refractivity contribution in [2.45, 2.75) is 39.2 Å². The van der Waals surface area contributed by atoms with Gasteiger partial charge in [0.15, 0.2) is 6.61 Å². The number of amides is 1. The molecule has 1 N–H and O–H groups in total. The molecule has 2 aliphatic rings. The van der Waals surface area contributed by atoms with Crippen molar-refractivity contribution in [3.8, 4) is 5.75 Å². The van der Waals surface area contributed by atoms with Gasteiger partial charge in [0, 0.05) is 36.1 Å². The standard InChI is InChI=1S/C24H27ClN4O3S/c1-15-12-16(25)6-7-18(15)32-14-21(30)29-10-8-28(9-11-29)13-20-26-23(31)22-17-4-2-3-5-19(17)33-24(22)27-20/h6-7,12H,2-5,8-11,13-14H2,1H3,(H,26,27,31). The summed E-state index contributed by atoms with van der Waals surface area (Å²) in [4.78, 5) is 39.4. The fourth-order valence-electron chi connectivity index (χ4n) is 4.66. The van der Waals surface area contributed by atoms with E-state index in [0.717, 1.165) is 48.1 Å². The van der Waals surface area contributed by atoms with Crippen LogP contribution in [0, 0.1) is 6.92 Å². The number of piperazine rings is 1. The highest BCUT2D eigenvalue weighted by molar-refractivity contribution is 7.18. The van der Waals surface area contributed by atoms with Gasteiger partial charge in [-0.1, -0.05) is 11.6 Å². The molecule has 1 aliphatic carbocycles. The first kappa shape index (κ1) is 22.4. The fraction of sp³-hybridized carbons (Fsp3) is 0.458. The molecule has 1 saturated heterocycles. The number of nitrogens with zero attached hydrogens (tertiary/aromatic N) is 3. The molecule has 2 aromatic heterocycles. The highest BCUT2D eigenvalue weighted by Crippen LogP contribution is 2.33. The first-order valence-electron chi connectivity index (χ1n) is 11.4. The number of aryl methyl sites for hydroxylation is 3. The number of rotatable bonds is 5.